The molecule has 88 valence electrons. The second-order valence-electron chi connectivity index (χ2n) is 4.41. The first kappa shape index (κ1) is 11.9. The zero-order valence-corrected chi connectivity index (χ0v) is 10.6. The molecule has 0 heterocycles. The van der Waals surface area contributed by atoms with Crippen molar-refractivity contribution in [1.29, 1.82) is 0 Å². The Morgan fingerprint density at radius 2 is 2.06 bits per heavy atom. The van der Waals surface area contributed by atoms with Crippen LogP contribution in [0.4, 0.5) is 10.1 Å². The standard InChI is InChI=1S/C12H15BrFNO/c13-10-4-3-9(7-11(10)14)15-8-12(16)5-1-2-6-12/h3-4,7,15-16H,1-2,5-6,8H2. The van der Waals surface area contributed by atoms with Gasteiger partial charge in [0.1, 0.15) is 5.82 Å². The molecule has 1 fully saturated rings. The van der Waals surface area contributed by atoms with Gasteiger partial charge in [-0.15, -0.1) is 0 Å². The van der Waals surface area contributed by atoms with Gasteiger partial charge in [0.05, 0.1) is 10.1 Å². The van der Waals surface area contributed by atoms with Crippen LogP contribution in [-0.4, -0.2) is 17.3 Å². The van der Waals surface area contributed by atoms with Crippen LogP contribution in [-0.2, 0) is 0 Å². The second-order valence-corrected chi connectivity index (χ2v) is 5.27. The zero-order chi connectivity index (χ0) is 11.6. The highest BCUT2D eigenvalue weighted by molar-refractivity contribution is 9.10. The molecule has 1 aliphatic rings. The molecule has 0 unspecified atom stereocenters. The quantitative estimate of drug-likeness (QED) is 0.894. The summed E-state index contributed by atoms with van der Waals surface area (Å²) in [5.74, 6) is -0.289. The summed E-state index contributed by atoms with van der Waals surface area (Å²) in [5, 5.41) is 13.2. The van der Waals surface area contributed by atoms with Crippen molar-refractivity contribution >= 4 is 21.6 Å². The Kier molecular flexibility index (Phi) is 3.50. The summed E-state index contributed by atoms with van der Waals surface area (Å²) in [4.78, 5) is 0. The summed E-state index contributed by atoms with van der Waals surface area (Å²) in [6, 6.07) is 4.89. The minimum Gasteiger partial charge on any atom is -0.388 e. The van der Waals surface area contributed by atoms with Crippen LogP contribution in [0.25, 0.3) is 0 Å². The molecule has 0 bridgehead atoms. The molecule has 0 aliphatic heterocycles. The molecule has 0 aromatic heterocycles. The first-order chi connectivity index (χ1) is 7.59. The van der Waals surface area contributed by atoms with E-state index < -0.39 is 5.60 Å². The number of anilines is 1. The summed E-state index contributed by atoms with van der Waals surface area (Å²) < 4.78 is 13.7. The van der Waals surface area contributed by atoms with Crippen LogP contribution in [0.2, 0.25) is 0 Å². The van der Waals surface area contributed by atoms with Crippen LogP contribution in [0, 0.1) is 5.82 Å². The summed E-state index contributed by atoms with van der Waals surface area (Å²) in [6.07, 6.45) is 3.82. The molecule has 0 amide bonds. The number of nitrogens with one attached hydrogen (secondary N) is 1. The van der Waals surface area contributed by atoms with E-state index in [0.717, 1.165) is 25.7 Å². The van der Waals surface area contributed by atoms with E-state index in [4.69, 9.17) is 0 Å². The lowest BCUT2D eigenvalue weighted by Gasteiger charge is -2.23. The van der Waals surface area contributed by atoms with Crippen LogP contribution < -0.4 is 5.32 Å². The SMILES string of the molecule is OC1(CNc2ccc(Br)c(F)c2)CCCC1. The Morgan fingerprint density at radius 1 is 1.38 bits per heavy atom. The van der Waals surface area contributed by atoms with Gasteiger partial charge in [-0.05, 0) is 47.0 Å². The van der Waals surface area contributed by atoms with E-state index >= 15 is 0 Å². The van der Waals surface area contributed by atoms with Crippen LogP contribution in [0.15, 0.2) is 22.7 Å². The highest BCUT2D eigenvalue weighted by atomic mass is 79.9. The van der Waals surface area contributed by atoms with Gasteiger partial charge in [-0.3, -0.25) is 0 Å². The molecule has 16 heavy (non-hydrogen) atoms. The monoisotopic (exact) mass is 287 g/mol. The van der Waals surface area contributed by atoms with Crippen LogP contribution in [0.5, 0.6) is 0 Å². The molecular formula is C12H15BrFNO. The number of hydrogen-bond acceptors (Lipinski definition) is 2. The van der Waals surface area contributed by atoms with Crippen LogP contribution in [0.1, 0.15) is 25.7 Å². The lowest BCUT2D eigenvalue weighted by Crippen LogP contribution is -2.33. The molecule has 2 rings (SSSR count). The third-order valence-electron chi connectivity index (χ3n) is 3.08. The zero-order valence-electron chi connectivity index (χ0n) is 8.97. The fourth-order valence-electron chi connectivity index (χ4n) is 2.08. The molecule has 1 aliphatic carbocycles. The molecule has 2 N–H and O–H groups in total. The Hall–Kier alpha value is -0.610. The summed E-state index contributed by atoms with van der Waals surface area (Å²) in [7, 11) is 0. The van der Waals surface area contributed by atoms with Gasteiger partial charge in [0, 0.05) is 12.2 Å². The summed E-state index contributed by atoms with van der Waals surface area (Å²) in [5.41, 5.74) is 0.102. The van der Waals surface area contributed by atoms with Gasteiger partial charge in [0.2, 0.25) is 0 Å². The van der Waals surface area contributed by atoms with E-state index in [2.05, 4.69) is 21.2 Å². The Bertz CT molecular complexity index is 377. The molecule has 1 aromatic rings. The van der Waals surface area contributed by atoms with Crippen molar-refractivity contribution in [3.8, 4) is 0 Å². The van der Waals surface area contributed by atoms with E-state index in [1.54, 1.807) is 12.1 Å². The maximum absolute atomic E-state index is 13.2. The van der Waals surface area contributed by atoms with Gasteiger partial charge in [0.15, 0.2) is 0 Å². The van der Waals surface area contributed by atoms with Gasteiger partial charge in [-0.1, -0.05) is 12.8 Å². The Balaban J connectivity index is 1.96. The minimum absolute atomic E-state index is 0.289. The number of aliphatic hydroxyl groups is 1. The van der Waals surface area contributed by atoms with E-state index in [1.807, 2.05) is 0 Å². The van der Waals surface area contributed by atoms with Gasteiger partial charge in [0.25, 0.3) is 0 Å². The van der Waals surface area contributed by atoms with E-state index in [9.17, 15) is 9.50 Å². The van der Waals surface area contributed by atoms with Crippen LogP contribution in [0.3, 0.4) is 0 Å². The van der Waals surface area contributed by atoms with Crippen LogP contribution >= 0.6 is 15.9 Å². The van der Waals surface area contributed by atoms with Crippen molar-refractivity contribution in [2.24, 2.45) is 0 Å². The molecule has 0 radical (unpaired) electrons. The first-order valence-corrected chi connectivity index (χ1v) is 6.30. The molecule has 1 saturated carbocycles. The molecular weight excluding hydrogens is 273 g/mol. The largest absolute Gasteiger partial charge is 0.388 e. The maximum Gasteiger partial charge on any atom is 0.139 e. The molecule has 0 saturated heterocycles. The fourth-order valence-corrected chi connectivity index (χ4v) is 2.33. The second kappa shape index (κ2) is 4.72. The third kappa shape index (κ3) is 2.74. The molecule has 1 aromatic carbocycles. The van der Waals surface area contributed by atoms with E-state index in [1.165, 1.54) is 6.07 Å². The molecule has 4 heteroatoms. The first-order valence-electron chi connectivity index (χ1n) is 5.50. The number of hydrogen-bond donors (Lipinski definition) is 2. The van der Waals surface area contributed by atoms with Gasteiger partial charge in [-0.25, -0.2) is 4.39 Å². The van der Waals surface area contributed by atoms with Crippen molar-refractivity contribution in [2.75, 3.05) is 11.9 Å². The van der Waals surface area contributed by atoms with Crippen molar-refractivity contribution in [1.82, 2.24) is 0 Å². The lowest BCUT2D eigenvalue weighted by atomic mass is 10.0. The van der Waals surface area contributed by atoms with Crippen molar-refractivity contribution < 1.29 is 9.50 Å². The molecule has 2 nitrogen and oxygen atoms in total. The predicted octanol–water partition coefficient (Wildman–Crippen LogP) is 3.31. The fraction of sp³-hybridized carbons (Fsp3) is 0.500. The van der Waals surface area contributed by atoms with Crippen molar-refractivity contribution in [3.05, 3.63) is 28.5 Å². The minimum atomic E-state index is -0.608. The average Bonchev–Trinajstić information content (AvgIpc) is 2.68. The average molecular weight is 288 g/mol. The molecule has 0 spiro atoms. The van der Waals surface area contributed by atoms with Crippen molar-refractivity contribution in [3.63, 3.8) is 0 Å². The number of rotatable bonds is 3. The van der Waals surface area contributed by atoms with Gasteiger partial charge >= 0.3 is 0 Å². The maximum atomic E-state index is 13.2. The topological polar surface area (TPSA) is 32.3 Å². The highest BCUT2D eigenvalue weighted by Gasteiger charge is 2.30. The normalized spacial score (nSPS) is 18.7. The third-order valence-corrected chi connectivity index (χ3v) is 3.72. The molecule has 0 atom stereocenters. The number of benzene rings is 1. The van der Waals surface area contributed by atoms with Crippen molar-refractivity contribution in [2.45, 2.75) is 31.3 Å². The van der Waals surface area contributed by atoms with Gasteiger partial charge in [-0.2, -0.15) is 0 Å². The highest BCUT2D eigenvalue weighted by Crippen LogP contribution is 2.30. The summed E-state index contributed by atoms with van der Waals surface area (Å²) in [6.45, 7) is 0.494. The predicted molar refractivity (Wildman–Crippen MR) is 66.0 cm³/mol. The Labute approximate surface area is 103 Å². The van der Waals surface area contributed by atoms with E-state index in [-0.39, 0.29) is 5.82 Å². The Morgan fingerprint density at radius 3 is 2.69 bits per heavy atom. The van der Waals surface area contributed by atoms with Gasteiger partial charge < -0.3 is 10.4 Å². The van der Waals surface area contributed by atoms with E-state index in [0.29, 0.717) is 16.7 Å². The lowest BCUT2D eigenvalue weighted by molar-refractivity contribution is 0.0614. The summed E-state index contributed by atoms with van der Waals surface area (Å²) >= 11 is 3.11. The smallest absolute Gasteiger partial charge is 0.139 e. The number of halogens is 2.